The summed E-state index contributed by atoms with van der Waals surface area (Å²) in [7, 11) is 1.51. The maximum Gasteiger partial charge on any atom is 0.251 e. The molecule has 5 nitrogen and oxygen atoms in total. The molecule has 2 aromatic carbocycles. The van der Waals surface area contributed by atoms with Gasteiger partial charge in [0.2, 0.25) is 0 Å². The van der Waals surface area contributed by atoms with Crippen molar-refractivity contribution < 1.29 is 14.6 Å². The molecule has 2 aromatic rings. The Morgan fingerprint density at radius 1 is 1.12 bits per heavy atom. The van der Waals surface area contributed by atoms with Crippen LogP contribution in [-0.2, 0) is 11.3 Å². The predicted molar refractivity (Wildman–Crippen MR) is 95.2 cm³/mol. The highest BCUT2D eigenvalue weighted by atomic mass is 16.5. The summed E-state index contributed by atoms with van der Waals surface area (Å²) >= 11 is 0. The number of benzene rings is 2. The topological polar surface area (TPSA) is 70.6 Å². The predicted octanol–water partition coefficient (Wildman–Crippen LogP) is 2.34. The highest BCUT2D eigenvalue weighted by Crippen LogP contribution is 2.11. The van der Waals surface area contributed by atoms with Crippen molar-refractivity contribution in [1.82, 2.24) is 5.32 Å². The Kier molecular flexibility index (Phi) is 6.78. The quantitative estimate of drug-likeness (QED) is 0.696. The van der Waals surface area contributed by atoms with Gasteiger partial charge in [-0.05, 0) is 36.8 Å². The first-order chi connectivity index (χ1) is 11.6. The van der Waals surface area contributed by atoms with E-state index in [1.807, 2.05) is 24.3 Å². The average molecular weight is 328 g/mol. The molecule has 0 aliphatic heterocycles. The standard InChI is InChI=1S/C19H24N2O3/c1-14-3-9-17(10-4-14)20-11-15-5-7-16(8-6-15)19(23)21-12-18(22)13-24-2/h3-10,18,20,22H,11-13H2,1-2H3,(H,21,23). The lowest BCUT2D eigenvalue weighted by atomic mass is 10.1. The van der Waals surface area contributed by atoms with Crippen molar-refractivity contribution in [3.05, 3.63) is 65.2 Å². The number of aryl methyl sites for hydroxylation is 1. The molecular formula is C19H24N2O3. The molecule has 0 aliphatic rings. The van der Waals surface area contributed by atoms with Gasteiger partial charge in [0.05, 0.1) is 12.7 Å². The normalized spacial score (nSPS) is 11.8. The SMILES string of the molecule is COCC(O)CNC(=O)c1ccc(CNc2ccc(C)cc2)cc1. The molecule has 0 bridgehead atoms. The molecular weight excluding hydrogens is 304 g/mol. The summed E-state index contributed by atoms with van der Waals surface area (Å²) in [6.45, 7) is 3.12. The second-order valence-electron chi connectivity index (χ2n) is 5.74. The van der Waals surface area contributed by atoms with Gasteiger partial charge in [-0.15, -0.1) is 0 Å². The van der Waals surface area contributed by atoms with E-state index in [9.17, 15) is 9.90 Å². The summed E-state index contributed by atoms with van der Waals surface area (Å²) in [5.41, 5.74) is 3.95. The van der Waals surface area contributed by atoms with Crippen LogP contribution in [0.25, 0.3) is 0 Å². The van der Waals surface area contributed by atoms with Crippen molar-refractivity contribution in [3.8, 4) is 0 Å². The Balaban J connectivity index is 1.83. The number of hydrogen-bond donors (Lipinski definition) is 3. The molecule has 2 rings (SSSR count). The zero-order valence-electron chi connectivity index (χ0n) is 14.1. The van der Waals surface area contributed by atoms with Crippen LogP contribution >= 0.6 is 0 Å². The molecule has 0 aliphatic carbocycles. The molecule has 0 radical (unpaired) electrons. The minimum Gasteiger partial charge on any atom is -0.389 e. The fraction of sp³-hybridized carbons (Fsp3) is 0.316. The molecule has 1 atom stereocenters. The zero-order valence-corrected chi connectivity index (χ0v) is 14.1. The number of carbonyl (C=O) groups excluding carboxylic acids is 1. The van der Waals surface area contributed by atoms with Crippen molar-refractivity contribution in [3.63, 3.8) is 0 Å². The molecule has 0 saturated carbocycles. The van der Waals surface area contributed by atoms with Crippen LogP contribution in [0, 0.1) is 6.92 Å². The first-order valence-electron chi connectivity index (χ1n) is 7.93. The van der Waals surface area contributed by atoms with E-state index in [4.69, 9.17) is 4.74 Å². The lowest BCUT2D eigenvalue weighted by Crippen LogP contribution is -2.34. The van der Waals surface area contributed by atoms with E-state index in [2.05, 4.69) is 29.7 Å². The van der Waals surface area contributed by atoms with Crippen LogP contribution < -0.4 is 10.6 Å². The number of nitrogens with one attached hydrogen (secondary N) is 2. The van der Waals surface area contributed by atoms with Gasteiger partial charge >= 0.3 is 0 Å². The smallest absolute Gasteiger partial charge is 0.251 e. The molecule has 1 amide bonds. The lowest BCUT2D eigenvalue weighted by Gasteiger charge is -2.11. The molecule has 3 N–H and O–H groups in total. The van der Waals surface area contributed by atoms with Gasteiger partial charge in [-0.2, -0.15) is 0 Å². The van der Waals surface area contributed by atoms with Crippen LogP contribution in [0.5, 0.6) is 0 Å². The Bertz CT molecular complexity index is 639. The number of aliphatic hydroxyl groups excluding tert-OH is 1. The fourth-order valence-electron chi connectivity index (χ4n) is 2.21. The average Bonchev–Trinajstić information content (AvgIpc) is 2.60. The number of amides is 1. The van der Waals surface area contributed by atoms with Crippen molar-refractivity contribution in [2.24, 2.45) is 0 Å². The van der Waals surface area contributed by atoms with Crippen LogP contribution in [0.1, 0.15) is 21.5 Å². The van der Waals surface area contributed by atoms with Crippen LogP contribution in [-0.4, -0.2) is 37.4 Å². The van der Waals surface area contributed by atoms with Crippen LogP contribution in [0.15, 0.2) is 48.5 Å². The minimum atomic E-state index is -0.697. The Labute approximate surface area is 142 Å². The van der Waals surface area contributed by atoms with Crippen molar-refractivity contribution in [2.75, 3.05) is 25.6 Å². The highest BCUT2D eigenvalue weighted by Gasteiger charge is 2.08. The van der Waals surface area contributed by atoms with Gasteiger partial charge < -0.3 is 20.5 Å². The van der Waals surface area contributed by atoms with E-state index < -0.39 is 6.10 Å². The maximum atomic E-state index is 12.0. The number of methoxy groups -OCH3 is 1. The van der Waals surface area contributed by atoms with Crippen LogP contribution in [0.4, 0.5) is 5.69 Å². The number of ether oxygens (including phenoxy) is 1. The summed E-state index contributed by atoms with van der Waals surface area (Å²) in [5.74, 6) is -0.205. The fourth-order valence-corrected chi connectivity index (χ4v) is 2.21. The summed E-state index contributed by atoms with van der Waals surface area (Å²) in [6, 6.07) is 15.6. The minimum absolute atomic E-state index is 0.170. The summed E-state index contributed by atoms with van der Waals surface area (Å²) in [6.07, 6.45) is -0.697. The first-order valence-corrected chi connectivity index (χ1v) is 7.93. The van der Waals surface area contributed by atoms with Gasteiger partial charge in [-0.25, -0.2) is 0 Å². The van der Waals surface area contributed by atoms with Gasteiger partial charge in [0.25, 0.3) is 5.91 Å². The van der Waals surface area contributed by atoms with Crippen molar-refractivity contribution in [2.45, 2.75) is 19.6 Å². The summed E-state index contributed by atoms with van der Waals surface area (Å²) in [5, 5.41) is 15.6. The number of rotatable bonds is 8. The lowest BCUT2D eigenvalue weighted by molar-refractivity contribution is 0.0610. The van der Waals surface area contributed by atoms with Gasteiger partial charge in [-0.1, -0.05) is 29.8 Å². The summed E-state index contributed by atoms with van der Waals surface area (Å²) in [4.78, 5) is 12.0. The maximum absolute atomic E-state index is 12.0. The zero-order chi connectivity index (χ0) is 17.4. The molecule has 0 aromatic heterocycles. The molecule has 0 heterocycles. The van der Waals surface area contributed by atoms with Crippen molar-refractivity contribution in [1.29, 1.82) is 0 Å². The molecule has 5 heteroatoms. The van der Waals surface area contributed by atoms with Gasteiger partial charge in [0.15, 0.2) is 0 Å². The van der Waals surface area contributed by atoms with E-state index in [1.165, 1.54) is 12.7 Å². The number of hydrogen-bond acceptors (Lipinski definition) is 4. The third-order valence-corrected chi connectivity index (χ3v) is 3.62. The second kappa shape index (κ2) is 9.05. The molecule has 24 heavy (non-hydrogen) atoms. The molecule has 0 saturated heterocycles. The molecule has 1 unspecified atom stereocenters. The largest absolute Gasteiger partial charge is 0.389 e. The molecule has 128 valence electrons. The Morgan fingerprint density at radius 3 is 2.42 bits per heavy atom. The van der Waals surface area contributed by atoms with E-state index in [0.29, 0.717) is 12.1 Å². The van der Waals surface area contributed by atoms with E-state index in [-0.39, 0.29) is 19.1 Å². The van der Waals surface area contributed by atoms with E-state index in [0.717, 1.165) is 11.3 Å². The first kappa shape index (κ1) is 18.0. The Hall–Kier alpha value is -2.37. The molecule has 0 spiro atoms. The van der Waals surface area contributed by atoms with E-state index >= 15 is 0 Å². The molecule has 0 fully saturated rings. The Morgan fingerprint density at radius 2 is 1.79 bits per heavy atom. The van der Waals surface area contributed by atoms with Crippen LogP contribution in [0.3, 0.4) is 0 Å². The van der Waals surface area contributed by atoms with Gasteiger partial charge in [0.1, 0.15) is 0 Å². The van der Waals surface area contributed by atoms with Crippen LogP contribution in [0.2, 0.25) is 0 Å². The number of carbonyl (C=O) groups is 1. The summed E-state index contributed by atoms with van der Waals surface area (Å²) < 4.78 is 4.82. The number of aliphatic hydroxyl groups is 1. The third kappa shape index (κ3) is 5.68. The number of anilines is 1. The van der Waals surface area contributed by atoms with Gasteiger partial charge in [0, 0.05) is 31.5 Å². The van der Waals surface area contributed by atoms with Gasteiger partial charge in [-0.3, -0.25) is 4.79 Å². The third-order valence-electron chi connectivity index (χ3n) is 3.62. The second-order valence-corrected chi connectivity index (χ2v) is 5.74. The van der Waals surface area contributed by atoms with Crippen molar-refractivity contribution >= 4 is 11.6 Å². The monoisotopic (exact) mass is 328 g/mol. The van der Waals surface area contributed by atoms with E-state index in [1.54, 1.807) is 12.1 Å². The highest BCUT2D eigenvalue weighted by molar-refractivity contribution is 5.94.